The van der Waals surface area contributed by atoms with Crippen molar-refractivity contribution in [2.45, 2.75) is 18.4 Å². The van der Waals surface area contributed by atoms with Crippen molar-refractivity contribution in [2.75, 3.05) is 5.73 Å². The van der Waals surface area contributed by atoms with Gasteiger partial charge in [-0.2, -0.15) is 0 Å². The van der Waals surface area contributed by atoms with Gasteiger partial charge in [-0.25, -0.2) is 18.1 Å². The topological polar surface area (TPSA) is 85.1 Å². The minimum atomic E-state index is -3.54. The Balaban J connectivity index is 2.16. The van der Waals surface area contributed by atoms with E-state index >= 15 is 0 Å². The van der Waals surface area contributed by atoms with Gasteiger partial charge in [-0.3, -0.25) is 0 Å². The number of sulfonamides is 1. The smallest absolute Gasteiger partial charge is 0.241 e. The molecule has 0 amide bonds. The van der Waals surface area contributed by atoms with E-state index in [0.717, 1.165) is 10.4 Å². The average Bonchev–Trinajstić information content (AvgIpc) is 2.72. The summed E-state index contributed by atoms with van der Waals surface area (Å²) >= 11 is 1.52. The summed E-state index contributed by atoms with van der Waals surface area (Å²) < 4.78 is 26.5. The molecule has 0 radical (unpaired) electrons. The van der Waals surface area contributed by atoms with Crippen molar-refractivity contribution < 1.29 is 8.42 Å². The zero-order valence-corrected chi connectivity index (χ0v) is 11.4. The summed E-state index contributed by atoms with van der Waals surface area (Å²) in [5, 5.41) is 1.93. The number of hydrogen-bond acceptors (Lipinski definition) is 5. The van der Waals surface area contributed by atoms with Gasteiger partial charge < -0.3 is 5.73 Å². The van der Waals surface area contributed by atoms with E-state index in [0.29, 0.717) is 0 Å². The van der Waals surface area contributed by atoms with Gasteiger partial charge in [0.1, 0.15) is 5.82 Å². The number of hydrogen-bond donors (Lipinski definition) is 2. The Hall–Kier alpha value is -1.44. The number of anilines is 1. The van der Waals surface area contributed by atoms with Crippen LogP contribution < -0.4 is 10.5 Å². The Morgan fingerprint density at radius 2 is 2.22 bits per heavy atom. The highest BCUT2D eigenvalue weighted by Crippen LogP contribution is 2.17. The maximum Gasteiger partial charge on any atom is 0.241 e. The quantitative estimate of drug-likeness (QED) is 0.890. The SMILES string of the molecule is Cc1ccsc1CNS(=O)(=O)c1ccnc(N)c1. The first-order valence-electron chi connectivity index (χ1n) is 5.23. The van der Waals surface area contributed by atoms with Crippen molar-refractivity contribution in [2.24, 2.45) is 0 Å². The summed E-state index contributed by atoms with van der Waals surface area (Å²) in [6.45, 7) is 2.23. The molecule has 2 heterocycles. The van der Waals surface area contributed by atoms with Gasteiger partial charge in [-0.1, -0.05) is 0 Å². The average molecular weight is 283 g/mol. The molecule has 0 aliphatic heterocycles. The second-order valence-corrected chi connectivity index (χ2v) is 6.54. The summed E-state index contributed by atoms with van der Waals surface area (Å²) in [7, 11) is -3.54. The van der Waals surface area contributed by atoms with E-state index in [-0.39, 0.29) is 17.3 Å². The molecule has 96 valence electrons. The fraction of sp³-hybridized carbons (Fsp3) is 0.182. The minimum Gasteiger partial charge on any atom is -0.384 e. The van der Waals surface area contributed by atoms with E-state index in [9.17, 15) is 8.42 Å². The third-order valence-corrected chi connectivity index (χ3v) is 4.88. The molecule has 0 saturated heterocycles. The molecule has 0 spiro atoms. The van der Waals surface area contributed by atoms with Crippen molar-refractivity contribution in [1.82, 2.24) is 9.71 Å². The molecule has 2 aromatic heterocycles. The van der Waals surface area contributed by atoms with Crippen LogP contribution >= 0.6 is 11.3 Å². The molecule has 0 bridgehead atoms. The predicted molar refractivity (Wildman–Crippen MR) is 71.7 cm³/mol. The number of aryl methyl sites for hydroxylation is 1. The summed E-state index contributed by atoms with van der Waals surface area (Å²) in [5.74, 6) is 0.185. The molecule has 0 aliphatic rings. The lowest BCUT2D eigenvalue weighted by atomic mass is 10.3. The lowest BCUT2D eigenvalue weighted by molar-refractivity contribution is 0.581. The van der Waals surface area contributed by atoms with Crippen LogP contribution in [0, 0.1) is 6.92 Å². The van der Waals surface area contributed by atoms with Crippen LogP contribution in [0.1, 0.15) is 10.4 Å². The number of pyridine rings is 1. The highest BCUT2D eigenvalue weighted by molar-refractivity contribution is 7.89. The molecule has 3 N–H and O–H groups in total. The van der Waals surface area contributed by atoms with Crippen molar-refractivity contribution in [3.63, 3.8) is 0 Å². The first-order valence-corrected chi connectivity index (χ1v) is 7.59. The van der Waals surface area contributed by atoms with Crippen LogP contribution in [0.3, 0.4) is 0 Å². The molecule has 5 nitrogen and oxygen atoms in total. The molecule has 0 unspecified atom stereocenters. The first-order chi connectivity index (χ1) is 8.49. The maximum absolute atomic E-state index is 12.0. The van der Waals surface area contributed by atoms with Gasteiger partial charge in [0.05, 0.1) is 4.90 Å². The van der Waals surface area contributed by atoms with E-state index in [1.54, 1.807) is 0 Å². The van der Waals surface area contributed by atoms with E-state index in [1.165, 1.54) is 29.7 Å². The van der Waals surface area contributed by atoms with Gasteiger partial charge in [0.2, 0.25) is 10.0 Å². The largest absolute Gasteiger partial charge is 0.384 e. The monoisotopic (exact) mass is 283 g/mol. The number of nitrogens with one attached hydrogen (secondary N) is 1. The predicted octanol–water partition coefficient (Wildman–Crippen LogP) is 1.51. The van der Waals surface area contributed by atoms with Crippen LogP contribution in [-0.4, -0.2) is 13.4 Å². The Morgan fingerprint density at radius 3 is 2.83 bits per heavy atom. The Kier molecular flexibility index (Phi) is 3.65. The second kappa shape index (κ2) is 5.05. The van der Waals surface area contributed by atoms with Gasteiger partial charge in [-0.15, -0.1) is 11.3 Å². The molecule has 2 rings (SSSR count). The molecule has 0 saturated carbocycles. The third-order valence-electron chi connectivity index (χ3n) is 2.45. The zero-order valence-electron chi connectivity index (χ0n) is 9.75. The molecule has 18 heavy (non-hydrogen) atoms. The molecule has 0 atom stereocenters. The van der Waals surface area contributed by atoms with Crippen LogP contribution in [0.15, 0.2) is 34.7 Å². The summed E-state index contributed by atoms with van der Waals surface area (Å²) in [5.41, 5.74) is 6.55. The normalized spacial score (nSPS) is 11.6. The van der Waals surface area contributed by atoms with E-state index in [2.05, 4.69) is 9.71 Å². The van der Waals surface area contributed by atoms with Crippen molar-refractivity contribution in [3.05, 3.63) is 40.2 Å². The maximum atomic E-state index is 12.0. The van der Waals surface area contributed by atoms with Crippen LogP contribution in [-0.2, 0) is 16.6 Å². The molecule has 2 aromatic rings. The lowest BCUT2D eigenvalue weighted by Crippen LogP contribution is -2.23. The second-order valence-electron chi connectivity index (χ2n) is 3.77. The number of thiophene rings is 1. The van der Waals surface area contributed by atoms with E-state index in [1.807, 2.05) is 18.4 Å². The Bertz CT molecular complexity index is 650. The fourth-order valence-corrected chi connectivity index (χ4v) is 3.38. The highest BCUT2D eigenvalue weighted by atomic mass is 32.2. The molecule has 7 heteroatoms. The van der Waals surface area contributed by atoms with Crippen molar-refractivity contribution in [3.8, 4) is 0 Å². The molecular formula is C11H13N3O2S2. The van der Waals surface area contributed by atoms with Gasteiger partial charge >= 0.3 is 0 Å². The fourth-order valence-electron chi connectivity index (χ4n) is 1.42. The van der Waals surface area contributed by atoms with Gasteiger partial charge in [-0.05, 0) is 30.0 Å². The number of nitrogens with two attached hydrogens (primary N) is 1. The lowest BCUT2D eigenvalue weighted by Gasteiger charge is -2.06. The summed E-state index contributed by atoms with van der Waals surface area (Å²) in [6, 6.07) is 4.71. The van der Waals surface area contributed by atoms with Crippen LogP contribution in [0.25, 0.3) is 0 Å². The first kappa shape index (κ1) is 13.0. The van der Waals surface area contributed by atoms with Crippen molar-refractivity contribution in [1.29, 1.82) is 0 Å². The summed E-state index contributed by atoms with van der Waals surface area (Å²) in [4.78, 5) is 4.89. The molecule has 0 fully saturated rings. The van der Waals surface area contributed by atoms with Gasteiger partial charge in [0.15, 0.2) is 0 Å². The van der Waals surface area contributed by atoms with E-state index in [4.69, 9.17) is 5.73 Å². The zero-order chi connectivity index (χ0) is 13.2. The third kappa shape index (κ3) is 2.87. The van der Waals surface area contributed by atoms with Crippen LogP contribution in [0.2, 0.25) is 0 Å². The van der Waals surface area contributed by atoms with E-state index < -0.39 is 10.0 Å². The van der Waals surface area contributed by atoms with Gasteiger partial charge in [0.25, 0.3) is 0 Å². The number of aromatic nitrogens is 1. The van der Waals surface area contributed by atoms with Crippen LogP contribution in [0.5, 0.6) is 0 Å². The molecular weight excluding hydrogens is 270 g/mol. The number of nitrogen functional groups attached to an aromatic ring is 1. The Labute approximate surface area is 110 Å². The van der Waals surface area contributed by atoms with Crippen LogP contribution in [0.4, 0.5) is 5.82 Å². The van der Waals surface area contributed by atoms with Crippen molar-refractivity contribution >= 4 is 27.2 Å². The van der Waals surface area contributed by atoms with Gasteiger partial charge in [0, 0.05) is 23.7 Å². The molecule has 0 aliphatic carbocycles. The summed E-state index contributed by atoms with van der Waals surface area (Å²) in [6.07, 6.45) is 1.38. The number of nitrogens with zero attached hydrogens (tertiary/aromatic N) is 1. The minimum absolute atomic E-state index is 0.129. The molecule has 0 aromatic carbocycles. The Morgan fingerprint density at radius 1 is 1.44 bits per heavy atom. The highest BCUT2D eigenvalue weighted by Gasteiger charge is 2.14. The standard InChI is InChI=1S/C11H13N3O2S2/c1-8-3-5-17-10(8)7-14-18(15,16)9-2-4-13-11(12)6-9/h2-6,14H,7H2,1H3,(H2,12,13). The number of rotatable bonds is 4.